The van der Waals surface area contributed by atoms with Gasteiger partial charge < -0.3 is 15.3 Å². The minimum atomic E-state index is 0.284. The minimum Gasteiger partial charge on any atom is -0.396 e. The third-order valence-corrected chi connectivity index (χ3v) is 3.36. The molecule has 0 aliphatic rings. The minimum absolute atomic E-state index is 0.284. The molecule has 0 bridgehead atoms. The maximum atomic E-state index is 8.76. The van der Waals surface area contributed by atoms with Crippen molar-refractivity contribution in [3.63, 3.8) is 0 Å². The van der Waals surface area contributed by atoms with E-state index in [1.165, 1.54) is 5.69 Å². The van der Waals surface area contributed by atoms with E-state index in [0.29, 0.717) is 0 Å². The van der Waals surface area contributed by atoms with Gasteiger partial charge in [0.1, 0.15) is 0 Å². The summed E-state index contributed by atoms with van der Waals surface area (Å²) in [6, 6.07) is 6.02. The SMILES string of the molecule is CNCc1c(Cl)cccc1N(C)CCCCCO. The molecule has 0 aliphatic heterocycles. The summed E-state index contributed by atoms with van der Waals surface area (Å²) in [7, 11) is 4.01. The predicted molar refractivity (Wildman–Crippen MR) is 78.4 cm³/mol. The van der Waals surface area contributed by atoms with Gasteiger partial charge in [-0.15, -0.1) is 0 Å². The molecule has 0 spiro atoms. The van der Waals surface area contributed by atoms with E-state index < -0.39 is 0 Å². The van der Waals surface area contributed by atoms with Crippen molar-refractivity contribution in [2.45, 2.75) is 25.8 Å². The first-order valence-corrected chi connectivity index (χ1v) is 6.82. The Hall–Kier alpha value is -0.770. The van der Waals surface area contributed by atoms with Crippen LogP contribution in [0.25, 0.3) is 0 Å². The third kappa shape index (κ3) is 4.48. The molecule has 0 heterocycles. The number of benzene rings is 1. The molecule has 4 heteroatoms. The Morgan fingerprint density at radius 2 is 2.06 bits per heavy atom. The molecule has 1 rings (SSSR count). The number of aliphatic hydroxyl groups excluding tert-OH is 1. The molecule has 0 fully saturated rings. The molecule has 2 N–H and O–H groups in total. The Bertz CT molecular complexity index is 358. The van der Waals surface area contributed by atoms with Crippen LogP contribution in [0.5, 0.6) is 0 Å². The van der Waals surface area contributed by atoms with Crippen molar-refractivity contribution in [2.75, 3.05) is 32.1 Å². The maximum absolute atomic E-state index is 8.76. The smallest absolute Gasteiger partial charge is 0.0471 e. The largest absolute Gasteiger partial charge is 0.396 e. The quantitative estimate of drug-likeness (QED) is 0.713. The first-order valence-electron chi connectivity index (χ1n) is 6.44. The van der Waals surface area contributed by atoms with Crippen LogP contribution in [0.2, 0.25) is 5.02 Å². The van der Waals surface area contributed by atoms with Gasteiger partial charge in [-0.1, -0.05) is 17.7 Å². The summed E-state index contributed by atoms with van der Waals surface area (Å²) in [5.74, 6) is 0. The molecule has 0 atom stereocenters. The van der Waals surface area contributed by atoms with Gasteiger partial charge in [0.2, 0.25) is 0 Å². The van der Waals surface area contributed by atoms with E-state index in [1.54, 1.807) is 0 Å². The van der Waals surface area contributed by atoms with Gasteiger partial charge in [-0.05, 0) is 38.4 Å². The zero-order valence-corrected chi connectivity index (χ0v) is 12.0. The molecule has 0 aromatic heterocycles. The third-order valence-electron chi connectivity index (χ3n) is 3.01. The van der Waals surface area contributed by atoms with Crippen molar-refractivity contribution in [1.82, 2.24) is 5.32 Å². The van der Waals surface area contributed by atoms with E-state index in [9.17, 15) is 0 Å². The van der Waals surface area contributed by atoms with E-state index in [2.05, 4.69) is 23.3 Å². The number of nitrogens with zero attached hydrogens (tertiary/aromatic N) is 1. The second-order valence-electron chi connectivity index (χ2n) is 4.47. The van der Waals surface area contributed by atoms with Gasteiger partial charge in [0.15, 0.2) is 0 Å². The highest BCUT2D eigenvalue weighted by molar-refractivity contribution is 6.31. The molecule has 18 heavy (non-hydrogen) atoms. The first kappa shape index (κ1) is 15.3. The zero-order valence-electron chi connectivity index (χ0n) is 11.2. The highest BCUT2D eigenvalue weighted by Gasteiger charge is 2.09. The molecule has 1 aromatic rings. The number of halogens is 1. The summed E-state index contributed by atoms with van der Waals surface area (Å²) in [6.45, 7) is 2.04. The molecule has 0 amide bonds. The van der Waals surface area contributed by atoms with Crippen molar-refractivity contribution in [3.8, 4) is 0 Å². The van der Waals surface area contributed by atoms with Crippen molar-refractivity contribution >= 4 is 17.3 Å². The van der Waals surface area contributed by atoms with Crippen LogP contribution < -0.4 is 10.2 Å². The lowest BCUT2D eigenvalue weighted by atomic mass is 10.1. The monoisotopic (exact) mass is 270 g/mol. The van der Waals surface area contributed by atoms with Crippen molar-refractivity contribution < 1.29 is 5.11 Å². The molecule has 0 saturated heterocycles. The molecule has 0 unspecified atom stereocenters. The summed E-state index contributed by atoms with van der Waals surface area (Å²) in [5, 5.41) is 12.7. The number of aliphatic hydroxyl groups is 1. The van der Waals surface area contributed by atoms with Gasteiger partial charge in [0, 0.05) is 43.0 Å². The molecule has 102 valence electrons. The number of rotatable bonds is 8. The highest BCUT2D eigenvalue weighted by atomic mass is 35.5. The fraction of sp³-hybridized carbons (Fsp3) is 0.571. The Morgan fingerprint density at radius 3 is 2.72 bits per heavy atom. The summed E-state index contributed by atoms with van der Waals surface area (Å²) in [4.78, 5) is 2.23. The van der Waals surface area contributed by atoms with Gasteiger partial charge in [0.05, 0.1) is 0 Å². The molecule has 1 aromatic carbocycles. The van der Waals surface area contributed by atoms with E-state index in [1.807, 2.05) is 19.2 Å². The normalized spacial score (nSPS) is 10.7. The van der Waals surface area contributed by atoms with Gasteiger partial charge in [0.25, 0.3) is 0 Å². The van der Waals surface area contributed by atoms with Gasteiger partial charge in [-0.25, -0.2) is 0 Å². The van der Waals surface area contributed by atoms with Crippen LogP contribution in [-0.4, -0.2) is 32.4 Å². The van der Waals surface area contributed by atoms with Crippen LogP contribution in [0.15, 0.2) is 18.2 Å². The molecule has 0 radical (unpaired) electrons. The molecular formula is C14H23ClN2O. The highest BCUT2D eigenvalue weighted by Crippen LogP contribution is 2.27. The van der Waals surface area contributed by atoms with E-state index in [-0.39, 0.29) is 6.61 Å². The van der Waals surface area contributed by atoms with Crippen molar-refractivity contribution in [1.29, 1.82) is 0 Å². The van der Waals surface area contributed by atoms with Crippen LogP contribution in [0, 0.1) is 0 Å². The van der Waals surface area contributed by atoms with Crippen LogP contribution in [-0.2, 0) is 6.54 Å². The Balaban J connectivity index is 2.66. The summed E-state index contributed by atoms with van der Waals surface area (Å²) in [5.41, 5.74) is 2.33. The second-order valence-corrected chi connectivity index (χ2v) is 4.88. The Morgan fingerprint density at radius 1 is 1.28 bits per heavy atom. The first-order chi connectivity index (χ1) is 8.70. The Labute approximate surface area is 115 Å². The number of hydrogen-bond acceptors (Lipinski definition) is 3. The molecule has 0 saturated carbocycles. The average molecular weight is 271 g/mol. The van der Waals surface area contributed by atoms with Crippen LogP contribution in [0.4, 0.5) is 5.69 Å². The fourth-order valence-electron chi connectivity index (χ4n) is 2.01. The maximum Gasteiger partial charge on any atom is 0.0471 e. The lowest BCUT2D eigenvalue weighted by Crippen LogP contribution is -2.21. The van der Waals surface area contributed by atoms with Gasteiger partial charge >= 0.3 is 0 Å². The number of nitrogens with one attached hydrogen (secondary N) is 1. The van der Waals surface area contributed by atoms with E-state index in [0.717, 1.165) is 42.9 Å². The fourth-order valence-corrected chi connectivity index (χ4v) is 2.25. The predicted octanol–water partition coefficient (Wildman–Crippen LogP) is 2.66. The van der Waals surface area contributed by atoms with Crippen molar-refractivity contribution in [3.05, 3.63) is 28.8 Å². The summed E-state index contributed by atoms with van der Waals surface area (Å²) < 4.78 is 0. The number of anilines is 1. The van der Waals surface area contributed by atoms with Crippen LogP contribution in [0.3, 0.4) is 0 Å². The zero-order chi connectivity index (χ0) is 13.4. The number of unbranched alkanes of at least 4 members (excludes halogenated alkanes) is 2. The van der Waals surface area contributed by atoms with Crippen LogP contribution in [0.1, 0.15) is 24.8 Å². The Kier molecular flexibility index (Phi) is 7.09. The second kappa shape index (κ2) is 8.35. The summed E-state index contributed by atoms with van der Waals surface area (Å²) in [6.07, 6.45) is 3.03. The molecular weight excluding hydrogens is 248 g/mol. The summed E-state index contributed by atoms with van der Waals surface area (Å²) >= 11 is 6.24. The topological polar surface area (TPSA) is 35.5 Å². The lowest BCUT2D eigenvalue weighted by molar-refractivity contribution is 0.283. The standard InChI is InChI=1S/C14H23ClN2O/c1-16-11-12-13(15)7-6-8-14(12)17(2)9-4-3-5-10-18/h6-8,16,18H,3-5,9-11H2,1-2H3. The van der Waals surface area contributed by atoms with Gasteiger partial charge in [-0.2, -0.15) is 0 Å². The van der Waals surface area contributed by atoms with Crippen molar-refractivity contribution in [2.24, 2.45) is 0 Å². The van der Waals surface area contributed by atoms with Crippen LogP contribution >= 0.6 is 11.6 Å². The molecule has 0 aliphatic carbocycles. The lowest BCUT2D eigenvalue weighted by Gasteiger charge is -2.23. The molecule has 3 nitrogen and oxygen atoms in total. The van der Waals surface area contributed by atoms with E-state index in [4.69, 9.17) is 16.7 Å². The van der Waals surface area contributed by atoms with E-state index >= 15 is 0 Å². The van der Waals surface area contributed by atoms with Gasteiger partial charge in [-0.3, -0.25) is 0 Å². The number of hydrogen-bond donors (Lipinski definition) is 2. The average Bonchev–Trinajstić information content (AvgIpc) is 2.37.